The number of halogens is 1. The number of carbonyl (C=O) groups is 1. The molecule has 2 unspecified atom stereocenters. The molecule has 0 spiro atoms. The quantitative estimate of drug-likeness (QED) is 0.766. The third-order valence-electron chi connectivity index (χ3n) is 1.98. The Bertz CT molecular complexity index is 316. The minimum atomic E-state index is -0.708. The summed E-state index contributed by atoms with van der Waals surface area (Å²) in [5, 5.41) is 10.7. The standard InChI is InChI=1S/C11H14ClNO2/c1-8(7-14)13-11(15)10(12)9-5-3-2-4-6-9/h2-6,8,10,14H,7H2,1H3,(H,13,15). The summed E-state index contributed by atoms with van der Waals surface area (Å²) in [6.45, 7) is 1.62. The number of aliphatic hydroxyl groups is 1. The van der Waals surface area contributed by atoms with E-state index in [2.05, 4.69) is 5.32 Å². The van der Waals surface area contributed by atoms with Crippen molar-refractivity contribution in [1.82, 2.24) is 5.32 Å². The van der Waals surface area contributed by atoms with E-state index in [1.807, 2.05) is 18.2 Å². The van der Waals surface area contributed by atoms with E-state index >= 15 is 0 Å². The van der Waals surface area contributed by atoms with Crippen LogP contribution in [0.5, 0.6) is 0 Å². The van der Waals surface area contributed by atoms with Gasteiger partial charge in [0.2, 0.25) is 5.91 Å². The van der Waals surface area contributed by atoms with E-state index in [1.54, 1.807) is 19.1 Å². The number of hydrogen-bond acceptors (Lipinski definition) is 2. The molecule has 0 bridgehead atoms. The Labute approximate surface area is 94.1 Å². The van der Waals surface area contributed by atoms with Crippen LogP contribution in [-0.4, -0.2) is 23.7 Å². The zero-order valence-corrected chi connectivity index (χ0v) is 9.24. The fraction of sp³-hybridized carbons (Fsp3) is 0.364. The van der Waals surface area contributed by atoms with Gasteiger partial charge in [0.05, 0.1) is 6.61 Å². The number of aliphatic hydroxyl groups excluding tert-OH is 1. The first kappa shape index (κ1) is 12.0. The molecule has 0 aromatic heterocycles. The maximum Gasteiger partial charge on any atom is 0.242 e. The highest BCUT2D eigenvalue weighted by atomic mass is 35.5. The maximum atomic E-state index is 11.6. The maximum absolute atomic E-state index is 11.6. The van der Waals surface area contributed by atoms with Crippen molar-refractivity contribution in [1.29, 1.82) is 0 Å². The summed E-state index contributed by atoms with van der Waals surface area (Å²) < 4.78 is 0. The smallest absolute Gasteiger partial charge is 0.242 e. The van der Waals surface area contributed by atoms with Crippen LogP contribution in [0, 0.1) is 0 Å². The first-order chi connectivity index (χ1) is 7.15. The topological polar surface area (TPSA) is 49.3 Å². The van der Waals surface area contributed by atoms with Gasteiger partial charge in [-0.3, -0.25) is 4.79 Å². The molecule has 3 nitrogen and oxygen atoms in total. The van der Waals surface area contributed by atoms with E-state index in [9.17, 15) is 4.79 Å². The Morgan fingerprint density at radius 2 is 2.07 bits per heavy atom. The van der Waals surface area contributed by atoms with Crippen LogP contribution in [0.15, 0.2) is 30.3 Å². The fourth-order valence-electron chi connectivity index (χ4n) is 1.14. The Kier molecular flexibility index (Phi) is 4.59. The molecule has 4 heteroatoms. The van der Waals surface area contributed by atoms with E-state index in [-0.39, 0.29) is 18.6 Å². The van der Waals surface area contributed by atoms with Crippen molar-refractivity contribution in [2.24, 2.45) is 0 Å². The molecule has 0 radical (unpaired) electrons. The molecule has 0 aliphatic rings. The number of rotatable bonds is 4. The number of benzene rings is 1. The molecule has 1 amide bonds. The summed E-state index contributed by atoms with van der Waals surface area (Å²) in [4.78, 5) is 11.6. The molecule has 2 N–H and O–H groups in total. The number of hydrogen-bond donors (Lipinski definition) is 2. The summed E-state index contributed by atoms with van der Waals surface area (Å²) in [7, 11) is 0. The predicted octanol–water partition coefficient (Wildman–Crippen LogP) is 1.46. The van der Waals surface area contributed by atoms with Crippen molar-refractivity contribution in [2.75, 3.05) is 6.61 Å². The van der Waals surface area contributed by atoms with Crippen molar-refractivity contribution < 1.29 is 9.90 Å². The first-order valence-electron chi connectivity index (χ1n) is 4.75. The molecule has 0 saturated heterocycles. The van der Waals surface area contributed by atoms with Crippen LogP contribution in [0.25, 0.3) is 0 Å². The van der Waals surface area contributed by atoms with Gasteiger partial charge in [0.1, 0.15) is 5.38 Å². The zero-order valence-electron chi connectivity index (χ0n) is 8.48. The molecule has 15 heavy (non-hydrogen) atoms. The summed E-state index contributed by atoms with van der Waals surface area (Å²) in [5.74, 6) is -0.288. The van der Waals surface area contributed by atoms with Crippen LogP contribution in [0.1, 0.15) is 17.9 Å². The predicted molar refractivity (Wildman–Crippen MR) is 59.7 cm³/mol. The second-order valence-corrected chi connectivity index (χ2v) is 3.80. The van der Waals surface area contributed by atoms with Crippen molar-refractivity contribution in [3.8, 4) is 0 Å². The highest BCUT2D eigenvalue weighted by molar-refractivity contribution is 6.30. The molecule has 1 aromatic carbocycles. The molecule has 0 aliphatic heterocycles. The van der Waals surface area contributed by atoms with E-state index in [0.717, 1.165) is 5.56 Å². The average molecular weight is 228 g/mol. The fourth-order valence-corrected chi connectivity index (χ4v) is 1.34. The highest BCUT2D eigenvalue weighted by Gasteiger charge is 2.18. The number of amides is 1. The minimum absolute atomic E-state index is 0.0931. The molecular formula is C11H14ClNO2. The van der Waals surface area contributed by atoms with Gasteiger partial charge < -0.3 is 10.4 Å². The van der Waals surface area contributed by atoms with Crippen LogP contribution in [0.3, 0.4) is 0 Å². The second kappa shape index (κ2) is 5.73. The Morgan fingerprint density at radius 3 is 2.60 bits per heavy atom. The molecule has 2 atom stereocenters. The number of carbonyl (C=O) groups excluding carboxylic acids is 1. The van der Waals surface area contributed by atoms with E-state index < -0.39 is 5.38 Å². The molecular weight excluding hydrogens is 214 g/mol. The lowest BCUT2D eigenvalue weighted by molar-refractivity contribution is -0.121. The highest BCUT2D eigenvalue weighted by Crippen LogP contribution is 2.19. The van der Waals surface area contributed by atoms with E-state index in [1.165, 1.54) is 0 Å². The Morgan fingerprint density at radius 1 is 1.47 bits per heavy atom. The lowest BCUT2D eigenvalue weighted by atomic mass is 10.1. The Hall–Kier alpha value is -1.06. The van der Waals surface area contributed by atoms with Gasteiger partial charge >= 0.3 is 0 Å². The van der Waals surface area contributed by atoms with Gasteiger partial charge in [-0.2, -0.15) is 0 Å². The van der Waals surface area contributed by atoms with Gasteiger partial charge in [-0.1, -0.05) is 30.3 Å². The average Bonchev–Trinajstić information content (AvgIpc) is 2.29. The van der Waals surface area contributed by atoms with Crippen LogP contribution in [0.4, 0.5) is 0 Å². The molecule has 0 fully saturated rings. The van der Waals surface area contributed by atoms with Gasteiger partial charge in [-0.15, -0.1) is 11.6 Å². The van der Waals surface area contributed by atoms with Crippen LogP contribution in [0.2, 0.25) is 0 Å². The van der Waals surface area contributed by atoms with Gasteiger partial charge in [-0.05, 0) is 12.5 Å². The SMILES string of the molecule is CC(CO)NC(=O)C(Cl)c1ccccc1. The number of alkyl halides is 1. The number of nitrogens with one attached hydrogen (secondary N) is 1. The lowest BCUT2D eigenvalue weighted by Crippen LogP contribution is -2.37. The van der Waals surface area contributed by atoms with Gasteiger partial charge in [-0.25, -0.2) is 0 Å². The Balaban J connectivity index is 2.61. The summed E-state index contributed by atoms with van der Waals surface area (Å²) in [6.07, 6.45) is 0. The molecule has 82 valence electrons. The largest absolute Gasteiger partial charge is 0.394 e. The van der Waals surface area contributed by atoms with Crippen LogP contribution < -0.4 is 5.32 Å². The van der Waals surface area contributed by atoms with Gasteiger partial charge in [0.25, 0.3) is 0 Å². The van der Waals surface area contributed by atoms with Crippen LogP contribution >= 0.6 is 11.6 Å². The molecule has 0 heterocycles. The van der Waals surface area contributed by atoms with Crippen molar-refractivity contribution in [3.05, 3.63) is 35.9 Å². The molecule has 0 saturated carbocycles. The first-order valence-corrected chi connectivity index (χ1v) is 5.19. The van der Waals surface area contributed by atoms with Gasteiger partial charge in [0.15, 0.2) is 0 Å². The molecule has 1 aromatic rings. The summed E-state index contributed by atoms with van der Waals surface area (Å²) in [6, 6.07) is 8.83. The monoisotopic (exact) mass is 227 g/mol. The third kappa shape index (κ3) is 3.53. The normalized spacial score (nSPS) is 14.3. The second-order valence-electron chi connectivity index (χ2n) is 3.37. The zero-order chi connectivity index (χ0) is 11.3. The lowest BCUT2D eigenvalue weighted by Gasteiger charge is -2.14. The summed E-state index contributed by atoms with van der Waals surface area (Å²) in [5.41, 5.74) is 0.752. The van der Waals surface area contributed by atoms with E-state index in [4.69, 9.17) is 16.7 Å². The summed E-state index contributed by atoms with van der Waals surface area (Å²) >= 11 is 5.96. The van der Waals surface area contributed by atoms with Crippen LogP contribution in [-0.2, 0) is 4.79 Å². The van der Waals surface area contributed by atoms with Crippen molar-refractivity contribution in [2.45, 2.75) is 18.3 Å². The third-order valence-corrected chi connectivity index (χ3v) is 2.44. The van der Waals surface area contributed by atoms with Gasteiger partial charge in [0, 0.05) is 6.04 Å². The van der Waals surface area contributed by atoms with Crippen molar-refractivity contribution in [3.63, 3.8) is 0 Å². The minimum Gasteiger partial charge on any atom is -0.394 e. The molecule has 0 aliphatic carbocycles. The molecule has 1 rings (SSSR count). The van der Waals surface area contributed by atoms with E-state index in [0.29, 0.717) is 0 Å². The van der Waals surface area contributed by atoms with Crippen molar-refractivity contribution >= 4 is 17.5 Å².